The van der Waals surface area contributed by atoms with Gasteiger partial charge in [0.15, 0.2) is 12.0 Å². The molecule has 10 heteroatoms. The fourth-order valence-electron chi connectivity index (χ4n) is 1.55. The average molecular weight is 314 g/mol. The first-order valence-electron chi connectivity index (χ1n) is 5.18. The minimum atomic E-state index is -1.13. The molecular formula is C9H17Cl2N5O3. The van der Waals surface area contributed by atoms with Gasteiger partial charge in [0.05, 0.1) is 18.0 Å². The Kier molecular flexibility index (Phi) is 6.87. The van der Waals surface area contributed by atoms with Crippen LogP contribution in [0.5, 0.6) is 0 Å². The Labute approximate surface area is 122 Å². The number of aliphatic hydroxyl groups excluding tert-OH is 3. The molecule has 0 aliphatic carbocycles. The highest BCUT2D eigenvalue weighted by Gasteiger charge is 2.26. The maximum absolute atomic E-state index is 9.64. The van der Waals surface area contributed by atoms with Gasteiger partial charge in [-0.2, -0.15) is 0 Å². The van der Waals surface area contributed by atoms with Gasteiger partial charge in [0.1, 0.15) is 18.1 Å². The zero-order valence-electron chi connectivity index (χ0n) is 10.0. The third-order valence-electron chi connectivity index (χ3n) is 2.47. The van der Waals surface area contributed by atoms with Gasteiger partial charge in [-0.1, -0.05) is 0 Å². The van der Waals surface area contributed by atoms with Crippen LogP contribution in [0.3, 0.4) is 0 Å². The van der Waals surface area contributed by atoms with E-state index in [1.54, 1.807) is 0 Å². The summed E-state index contributed by atoms with van der Waals surface area (Å²) in [7, 11) is 0. The second-order valence-corrected chi connectivity index (χ2v) is 3.91. The van der Waals surface area contributed by atoms with E-state index in [9.17, 15) is 15.3 Å². The molecule has 1 aliphatic rings. The molecule has 0 radical (unpaired) electrons. The number of hydrogen-bond acceptors (Lipinski definition) is 8. The number of anilines is 1. The Morgan fingerprint density at radius 3 is 2.58 bits per heavy atom. The molecule has 0 aromatic carbocycles. The summed E-state index contributed by atoms with van der Waals surface area (Å²) >= 11 is 0. The topological polar surface area (TPSA) is 137 Å². The van der Waals surface area contributed by atoms with Crippen LogP contribution in [0.15, 0.2) is 6.20 Å². The van der Waals surface area contributed by atoms with Gasteiger partial charge in [0.25, 0.3) is 0 Å². The number of rotatable bonds is 2. The first kappa shape index (κ1) is 18.3. The zero-order valence-corrected chi connectivity index (χ0v) is 11.6. The average Bonchev–Trinajstić information content (AvgIpc) is 2.26. The van der Waals surface area contributed by atoms with Crippen LogP contribution in [0.25, 0.3) is 0 Å². The van der Waals surface area contributed by atoms with Crippen LogP contribution in [-0.4, -0.2) is 37.7 Å². The van der Waals surface area contributed by atoms with Crippen molar-refractivity contribution in [1.82, 2.24) is 15.3 Å². The molecule has 4 unspecified atom stereocenters. The third kappa shape index (κ3) is 3.86. The van der Waals surface area contributed by atoms with E-state index in [2.05, 4.69) is 20.6 Å². The van der Waals surface area contributed by atoms with Gasteiger partial charge in [-0.15, -0.1) is 24.8 Å². The Morgan fingerprint density at radius 1 is 1.37 bits per heavy atom. The molecule has 0 amide bonds. The SMILES string of the molecule is CC(O)C(O)c1cnc2c(n1)NC(N)NC2O.Cl.Cl. The molecule has 2 rings (SSSR count). The molecule has 2 heterocycles. The normalized spacial score (nSPS) is 24.1. The zero-order chi connectivity index (χ0) is 12.6. The van der Waals surface area contributed by atoms with E-state index in [0.717, 1.165) is 0 Å². The number of aliphatic hydroxyl groups is 3. The Morgan fingerprint density at radius 2 is 2.00 bits per heavy atom. The second kappa shape index (κ2) is 7.15. The largest absolute Gasteiger partial charge is 0.390 e. The van der Waals surface area contributed by atoms with Gasteiger partial charge < -0.3 is 20.6 Å². The van der Waals surface area contributed by atoms with Crippen LogP contribution in [0.1, 0.15) is 30.6 Å². The number of nitrogens with one attached hydrogen (secondary N) is 2. The maximum Gasteiger partial charge on any atom is 0.154 e. The number of nitrogens with two attached hydrogens (primary N) is 1. The van der Waals surface area contributed by atoms with E-state index in [1.807, 2.05) is 0 Å². The molecule has 0 saturated heterocycles. The molecule has 4 atom stereocenters. The molecule has 110 valence electrons. The molecule has 1 aliphatic heterocycles. The quantitative estimate of drug-likeness (QED) is 0.408. The summed E-state index contributed by atoms with van der Waals surface area (Å²) in [5.41, 5.74) is 6.08. The van der Waals surface area contributed by atoms with Crippen molar-refractivity contribution in [3.05, 3.63) is 17.6 Å². The summed E-state index contributed by atoms with van der Waals surface area (Å²) in [6.07, 6.45) is -2.43. The lowest BCUT2D eigenvalue weighted by Gasteiger charge is -2.28. The van der Waals surface area contributed by atoms with Crippen LogP contribution in [0.4, 0.5) is 5.82 Å². The van der Waals surface area contributed by atoms with Crippen molar-refractivity contribution < 1.29 is 15.3 Å². The highest BCUT2D eigenvalue weighted by Crippen LogP contribution is 2.24. The highest BCUT2D eigenvalue weighted by atomic mass is 35.5. The predicted molar refractivity (Wildman–Crippen MR) is 72.9 cm³/mol. The number of hydrogen-bond donors (Lipinski definition) is 6. The molecule has 0 bridgehead atoms. The van der Waals surface area contributed by atoms with Crippen molar-refractivity contribution in [2.75, 3.05) is 5.32 Å². The van der Waals surface area contributed by atoms with Crippen molar-refractivity contribution >= 4 is 30.6 Å². The summed E-state index contributed by atoms with van der Waals surface area (Å²) in [5.74, 6) is 0.293. The number of fused-ring (bicyclic) bond motifs is 1. The van der Waals surface area contributed by atoms with Gasteiger partial charge in [-0.25, -0.2) is 4.98 Å². The smallest absolute Gasteiger partial charge is 0.154 e. The molecular weight excluding hydrogens is 297 g/mol. The van der Waals surface area contributed by atoms with Gasteiger partial charge in [0.2, 0.25) is 0 Å². The van der Waals surface area contributed by atoms with Gasteiger partial charge >= 0.3 is 0 Å². The van der Waals surface area contributed by atoms with Crippen LogP contribution in [0.2, 0.25) is 0 Å². The fraction of sp³-hybridized carbons (Fsp3) is 0.556. The number of aromatic nitrogens is 2. The molecule has 1 aromatic heterocycles. The van der Waals surface area contributed by atoms with Crippen molar-refractivity contribution in [1.29, 1.82) is 0 Å². The first-order chi connectivity index (χ1) is 7.99. The van der Waals surface area contributed by atoms with Crippen LogP contribution in [0, 0.1) is 0 Å². The Balaban J connectivity index is 0.00000162. The molecule has 7 N–H and O–H groups in total. The van der Waals surface area contributed by atoms with Crippen molar-refractivity contribution in [3.63, 3.8) is 0 Å². The van der Waals surface area contributed by atoms with E-state index < -0.39 is 24.7 Å². The first-order valence-corrected chi connectivity index (χ1v) is 5.18. The van der Waals surface area contributed by atoms with Gasteiger partial charge in [-0.05, 0) is 6.92 Å². The lowest BCUT2D eigenvalue weighted by Crippen LogP contribution is -2.50. The molecule has 19 heavy (non-hydrogen) atoms. The van der Waals surface area contributed by atoms with Crippen molar-refractivity contribution in [2.45, 2.75) is 31.6 Å². The van der Waals surface area contributed by atoms with E-state index in [1.165, 1.54) is 13.1 Å². The summed E-state index contributed by atoms with van der Waals surface area (Å²) in [5, 5.41) is 33.9. The molecule has 0 spiro atoms. The number of nitrogens with zero attached hydrogens (tertiary/aromatic N) is 2. The van der Waals surface area contributed by atoms with Gasteiger partial charge in [0, 0.05) is 0 Å². The van der Waals surface area contributed by atoms with Gasteiger partial charge in [-0.3, -0.25) is 16.0 Å². The predicted octanol–water partition coefficient (Wildman–Crippen LogP) is -1.02. The van der Waals surface area contributed by atoms with E-state index in [4.69, 9.17) is 5.73 Å². The molecule has 0 fully saturated rings. The number of halogens is 2. The Bertz CT molecular complexity index is 423. The maximum atomic E-state index is 9.64. The van der Waals surface area contributed by atoms with E-state index in [-0.39, 0.29) is 30.5 Å². The summed E-state index contributed by atoms with van der Waals surface area (Å²) in [6.45, 7) is 1.45. The third-order valence-corrected chi connectivity index (χ3v) is 2.47. The van der Waals surface area contributed by atoms with E-state index in [0.29, 0.717) is 11.5 Å². The Hall–Kier alpha value is -0.740. The van der Waals surface area contributed by atoms with E-state index >= 15 is 0 Å². The lowest BCUT2D eigenvalue weighted by atomic mass is 10.1. The summed E-state index contributed by atoms with van der Waals surface area (Å²) < 4.78 is 0. The standard InChI is InChI=1S/C9H15N5O3.2ClH/c1-3(15)6(16)4-2-11-5-7(12-4)13-9(10)14-8(5)17;;/h2-3,6,8-9,14-17H,10H2,1H3,(H,12,13);2*1H. The fourth-order valence-corrected chi connectivity index (χ4v) is 1.55. The minimum absolute atomic E-state index is 0. The molecule has 8 nitrogen and oxygen atoms in total. The van der Waals surface area contributed by atoms with Crippen molar-refractivity contribution in [3.8, 4) is 0 Å². The van der Waals surface area contributed by atoms with Crippen LogP contribution >= 0.6 is 24.8 Å². The molecule has 0 saturated carbocycles. The lowest BCUT2D eigenvalue weighted by molar-refractivity contribution is 0.0274. The monoisotopic (exact) mass is 313 g/mol. The summed E-state index contributed by atoms with van der Waals surface area (Å²) in [4.78, 5) is 8.05. The van der Waals surface area contributed by atoms with Crippen LogP contribution in [-0.2, 0) is 0 Å². The second-order valence-electron chi connectivity index (χ2n) is 3.91. The van der Waals surface area contributed by atoms with Crippen molar-refractivity contribution in [2.24, 2.45) is 5.73 Å². The van der Waals surface area contributed by atoms with Crippen LogP contribution < -0.4 is 16.4 Å². The minimum Gasteiger partial charge on any atom is -0.390 e. The summed E-state index contributed by atoms with van der Waals surface area (Å²) in [6, 6.07) is 0. The molecule has 1 aromatic rings. The highest BCUT2D eigenvalue weighted by molar-refractivity contribution is 5.85.